The van der Waals surface area contributed by atoms with Gasteiger partial charge < -0.3 is 10.6 Å². The SMILES string of the molecule is CCN(CC(F)(F)F)c1cc(C)nc2ccc(N)cc12. The summed E-state index contributed by atoms with van der Waals surface area (Å²) in [7, 11) is 0. The molecular formula is C14H16F3N3. The molecule has 0 saturated heterocycles. The molecule has 0 aliphatic carbocycles. The van der Waals surface area contributed by atoms with Crippen LogP contribution in [0, 0.1) is 6.92 Å². The number of hydrogen-bond donors (Lipinski definition) is 1. The van der Waals surface area contributed by atoms with Gasteiger partial charge in [0, 0.05) is 29.0 Å². The van der Waals surface area contributed by atoms with Crippen LogP contribution in [0.1, 0.15) is 12.6 Å². The second kappa shape index (κ2) is 5.19. The third kappa shape index (κ3) is 3.12. The quantitative estimate of drug-likeness (QED) is 0.876. The Morgan fingerprint density at radius 1 is 1.25 bits per heavy atom. The Hall–Kier alpha value is -1.98. The van der Waals surface area contributed by atoms with E-state index >= 15 is 0 Å². The van der Waals surface area contributed by atoms with Crippen molar-refractivity contribution in [3.8, 4) is 0 Å². The van der Waals surface area contributed by atoms with Crippen LogP contribution in [0.4, 0.5) is 24.5 Å². The molecule has 0 bridgehead atoms. The van der Waals surface area contributed by atoms with Gasteiger partial charge >= 0.3 is 6.18 Å². The number of aromatic nitrogens is 1. The van der Waals surface area contributed by atoms with Crippen LogP contribution in [0.25, 0.3) is 10.9 Å². The Labute approximate surface area is 115 Å². The lowest BCUT2D eigenvalue weighted by atomic mass is 10.1. The van der Waals surface area contributed by atoms with Crippen LogP contribution in [0.15, 0.2) is 24.3 Å². The zero-order chi connectivity index (χ0) is 14.9. The molecule has 1 aromatic carbocycles. The van der Waals surface area contributed by atoms with Crippen LogP contribution in [0.5, 0.6) is 0 Å². The first-order valence-electron chi connectivity index (χ1n) is 6.28. The molecule has 108 valence electrons. The van der Waals surface area contributed by atoms with Crippen molar-refractivity contribution < 1.29 is 13.2 Å². The van der Waals surface area contributed by atoms with Gasteiger partial charge in [0.15, 0.2) is 0 Å². The zero-order valence-electron chi connectivity index (χ0n) is 11.3. The van der Waals surface area contributed by atoms with Gasteiger partial charge in [-0.15, -0.1) is 0 Å². The van der Waals surface area contributed by atoms with Gasteiger partial charge in [-0.2, -0.15) is 13.2 Å². The number of nitrogen functional groups attached to an aromatic ring is 1. The number of rotatable bonds is 3. The van der Waals surface area contributed by atoms with E-state index in [1.54, 1.807) is 38.1 Å². The molecule has 20 heavy (non-hydrogen) atoms. The van der Waals surface area contributed by atoms with E-state index in [0.29, 0.717) is 28.0 Å². The molecule has 1 aromatic heterocycles. The van der Waals surface area contributed by atoms with Gasteiger partial charge in [-0.05, 0) is 38.1 Å². The summed E-state index contributed by atoms with van der Waals surface area (Å²) in [6.07, 6.45) is -4.25. The van der Waals surface area contributed by atoms with Gasteiger partial charge in [0.1, 0.15) is 6.54 Å². The molecule has 2 rings (SSSR count). The summed E-state index contributed by atoms with van der Waals surface area (Å²) in [6.45, 7) is 2.73. The Kier molecular flexibility index (Phi) is 3.74. The molecule has 0 atom stereocenters. The second-order valence-electron chi connectivity index (χ2n) is 4.69. The lowest BCUT2D eigenvalue weighted by molar-refractivity contribution is -0.119. The summed E-state index contributed by atoms with van der Waals surface area (Å²) in [4.78, 5) is 5.62. The van der Waals surface area contributed by atoms with E-state index in [4.69, 9.17) is 5.73 Å². The van der Waals surface area contributed by atoms with Crippen molar-refractivity contribution in [2.45, 2.75) is 20.0 Å². The largest absolute Gasteiger partial charge is 0.405 e. The average molecular weight is 283 g/mol. The van der Waals surface area contributed by atoms with E-state index in [-0.39, 0.29) is 6.54 Å². The lowest BCUT2D eigenvalue weighted by Gasteiger charge is -2.26. The molecule has 0 spiro atoms. The minimum absolute atomic E-state index is 0.257. The predicted octanol–water partition coefficient (Wildman–Crippen LogP) is 3.51. The van der Waals surface area contributed by atoms with Crippen molar-refractivity contribution in [1.29, 1.82) is 0 Å². The predicted molar refractivity (Wildman–Crippen MR) is 74.8 cm³/mol. The van der Waals surface area contributed by atoms with Crippen LogP contribution in [-0.4, -0.2) is 24.2 Å². The van der Waals surface area contributed by atoms with E-state index in [2.05, 4.69) is 4.98 Å². The average Bonchev–Trinajstić information content (AvgIpc) is 2.34. The van der Waals surface area contributed by atoms with Crippen molar-refractivity contribution in [1.82, 2.24) is 4.98 Å². The van der Waals surface area contributed by atoms with Crippen molar-refractivity contribution in [3.63, 3.8) is 0 Å². The molecule has 2 aromatic rings. The first kappa shape index (κ1) is 14.4. The summed E-state index contributed by atoms with van der Waals surface area (Å²) >= 11 is 0. The zero-order valence-corrected chi connectivity index (χ0v) is 11.3. The van der Waals surface area contributed by atoms with Gasteiger partial charge in [-0.25, -0.2) is 0 Å². The van der Waals surface area contributed by atoms with Gasteiger partial charge in [-0.1, -0.05) is 0 Å². The Balaban J connectivity index is 2.58. The maximum Gasteiger partial charge on any atom is 0.405 e. The number of fused-ring (bicyclic) bond motifs is 1. The third-order valence-electron chi connectivity index (χ3n) is 3.03. The molecule has 0 fully saturated rings. The Bertz CT molecular complexity index is 623. The summed E-state index contributed by atoms with van der Waals surface area (Å²) in [5.41, 5.74) is 8.08. The first-order valence-corrected chi connectivity index (χ1v) is 6.28. The van der Waals surface area contributed by atoms with Crippen molar-refractivity contribution in [2.75, 3.05) is 23.7 Å². The highest BCUT2D eigenvalue weighted by molar-refractivity contribution is 5.94. The van der Waals surface area contributed by atoms with Crippen LogP contribution < -0.4 is 10.6 Å². The molecule has 0 unspecified atom stereocenters. The van der Waals surface area contributed by atoms with Gasteiger partial charge in [0.05, 0.1) is 5.52 Å². The van der Waals surface area contributed by atoms with Crippen LogP contribution >= 0.6 is 0 Å². The maximum absolute atomic E-state index is 12.7. The van der Waals surface area contributed by atoms with Crippen LogP contribution in [0.3, 0.4) is 0 Å². The smallest absolute Gasteiger partial charge is 0.399 e. The number of benzene rings is 1. The molecule has 0 aliphatic rings. The number of aryl methyl sites for hydroxylation is 1. The van der Waals surface area contributed by atoms with Crippen LogP contribution in [-0.2, 0) is 0 Å². The monoisotopic (exact) mass is 283 g/mol. The fourth-order valence-electron chi connectivity index (χ4n) is 2.20. The van der Waals surface area contributed by atoms with Gasteiger partial charge in [0.2, 0.25) is 0 Å². The van der Waals surface area contributed by atoms with E-state index in [1.807, 2.05) is 0 Å². The Morgan fingerprint density at radius 2 is 1.95 bits per heavy atom. The lowest BCUT2D eigenvalue weighted by Crippen LogP contribution is -2.34. The maximum atomic E-state index is 12.7. The molecule has 6 heteroatoms. The topological polar surface area (TPSA) is 42.2 Å². The highest BCUT2D eigenvalue weighted by Crippen LogP contribution is 2.30. The molecule has 1 heterocycles. The molecule has 0 aliphatic heterocycles. The standard InChI is InChI=1S/C14H16F3N3/c1-3-20(8-14(15,16)17)13-6-9(2)19-12-5-4-10(18)7-11(12)13/h4-7H,3,8,18H2,1-2H3. The summed E-state index contributed by atoms with van der Waals surface area (Å²) in [6, 6.07) is 6.74. The number of pyridine rings is 1. The van der Waals surface area contributed by atoms with E-state index in [1.165, 1.54) is 4.90 Å². The minimum Gasteiger partial charge on any atom is -0.399 e. The molecule has 0 radical (unpaired) electrons. The molecule has 0 amide bonds. The van der Waals surface area contributed by atoms with Crippen LogP contribution in [0.2, 0.25) is 0 Å². The number of nitrogens with zero attached hydrogens (tertiary/aromatic N) is 2. The summed E-state index contributed by atoms with van der Waals surface area (Å²) in [5.74, 6) is 0. The van der Waals surface area contributed by atoms with Gasteiger partial charge in [-0.3, -0.25) is 4.98 Å². The fraction of sp³-hybridized carbons (Fsp3) is 0.357. The van der Waals surface area contributed by atoms with Crippen molar-refractivity contribution >= 4 is 22.3 Å². The van der Waals surface area contributed by atoms with E-state index in [0.717, 1.165) is 0 Å². The molecule has 2 N–H and O–H groups in total. The number of alkyl halides is 3. The first-order chi connectivity index (χ1) is 9.30. The minimum atomic E-state index is -4.25. The molecule has 0 saturated carbocycles. The number of nitrogens with two attached hydrogens (primary N) is 1. The second-order valence-corrected chi connectivity index (χ2v) is 4.69. The normalized spacial score (nSPS) is 11.8. The summed E-state index contributed by atoms with van der Waals surface area (Å²) < 4.78 is 38.0. The number of anilines is 2. The number of halogens is 3. The molecular weight excluding hydrogens is 267 g/mol. The third-order valence-corrected chi connectivity index (χ3v) is 3.03. The van der Waals surface area contributed by atoms with E-state index in [9.17, 15) is 13.2 Å². The number of hydrogen-bond acceptors (Lipinski definition) is 3. The highest BCUT2D eigenvalue weighted by atomic mass is 19.4. The highest BCUT2D eigenvalue weighted by Gasteiger charge is 2.31. The summed E-state index contributed by atoms with van der Waals surface area (Å²) in [5, 5.41) is 0.640. The Morgan fingerprint density at radius 3 is 2.55 bits per heavy atom. The molecule has 3 nitrogen and oxygen atoms in total. The van der Waals surface area contributed by atoms with Crippen molar-refractivity contribution in [3.05, 3.63) is 30.0 Å². The van der Waals surface area contributed by atoms with E-state index < -0.39 is 12.7 Å². The van der Waals surface area contributed by atoms with Gasteiger partial charge in [0.25, 0.3) is 0 Å². The van der Waals surface area contributed by atoms with Crippen molar-refractivity contribution in [2.24, 2.45) is 0 Å². The fourth-order valence-corrected chi connectivity index (χ4v) is 2.20.